The van der Waals surface area contributed by atoms with Gasteiger partial charge in [-0.15, -0.1) is 0 Å². The van der Waals surface area contributed by atoms with E-state index < -0.39 is 6.10 Å². The molecular weight excluding hydrogens is 238 g/mol. The molecule has 0 aliphatic carbocycles. The average Bonchev–Trinajstić information content (AvgIpc) is 2.45. The number of pyridine rings is 1. The third-order valence-electron chi connectivity index (χ3n) is 2.96. The molecule has 0 amide bonds. The Kier molecular flexibility index (Phi) is 4.89. The topological polar surface area (TPSA) is 71.2 Å². The van der Waals surface area contributed by atoms with Gasteiger partial charge >= 0.3 is 0 Å². The van der Waals surface area contributed by atoms with Crippen molar-refractivity contribution in [1.82, 2.24) is 10.3 Å². The van der Waals surface area contributed by atoms with Gasteiger partial charge in [-0.1, -0.05) is 36.4 Å². The summed E-state index contributed by atoms with van der Waals surface area (Å²) in [7, 11) is 0. The van der Waals surface area contributed by atoms with E-state index in [9.17, 15) is 5.11 Å². The van der Waals surface area contributed by atoms with Crippen molar-refractivity contribution < 1.29 is 5.11 Å². The number of hydrogen-bond acceptors (Lipinski definition) is 4. The molecule has 1 heterocycles. The number of hydrogen-bond donors (Lipinski definition) is 3. The van der Waals surface area contributed by atoms with Crippen LogP contribution in [-0.4, -0.2) is 23.2 Å². The van der Waals surface area contributed by atoms with E-state index in [-0.39, 0.29) is 0 Å². The molecule has 4 nitrogen and oxygen atoms in total. The molecule has 1 aromatic heterocycles. The number of nitrogens with zero attached hydrogens (tertiary/aromatic N) is 1. The van der Waals surface area contributed by atoms with Gasteiger partial charge in [-0.3, -0.25) is 0 Å². The van der Waals surface area contributed by atoms with E-state index >= 15 is 0 Å². The van der Waals surface area contributed by atoms with Crippen LogP contribution in [0, 0.1) is 0 Å². The summed E-state index contributed by atoms with van der Waals surface area (Å²) in [6, 6.07) is 13.8. The number of anilines is 1. The first-order valence-corrected chi connectivity index (χ1v) is 6.40. The van der Waals surface area contributed by atoms with E-state index in [4.69, 9.17) is 5.73 Å². The van der Waals surface area contributed by atoms with E-state index in [1.165, 1.54) is 5.56 Å². The molecule has 19 heavy (non-hydrogen) atoms. The van der Waals surface area contributed by atoms with Gasteiger partial charge in [0.05, 0.1) is 6.10 Å². The molecule has 0 fully saturated rings. The van der Waals surface area contributed by atoms with Crippen molar-refractivity contribution in [2.45, 2.75) is 12.5 Å². The Morgan fingerprint density at radius 2 is 1.95 bits per heavy atom. The summed E-state index contributed by atoms with van der Waals surface area (Å²) in [4.78, 5) is 3.97. The largest absolute Gasteiger partial charge is 0.387 e. The van der Waals surface area contributed by atoms with Crippen molar-refractivity contribution in [3.63, 3.8) is 0 Å². The first-order chi connectivity index (χ1) is 9.25. The summed E-state index contributed by atoms with van der Waals surface area (Å²) in [6.07, 6.45) is 2.01. The zero-order chi connectivity index (χ0) is 13.5. The monoisotopic (exact) mass is 257 g/mol. The molecule has 4 N–H and O–H groups in total. The molecule has 0 bridgehead atoms. The summed E-state index contributed by atoms with van der Waals surface area (Å²) in [5.74, 6) is 0.466. The van der Waals surface area contributed by atoms with Gasteiger partial charge in [0, 0.05) is 18.3 Å². The van der Waals surface area contributed by atoms with Crippen LogP contribution in [0.4, 0.5) is 5.82 Å². The summed E-state index contributed by atoms with van der Waals surface area (Å²) in [5.41, 5.74) is 7.57. The van der Waals surface area contributed by atoms with Crippen LogP contribution in [0.2, 0.25) is 0 Å². The average molecular weight is 257 g/mol. The number of nitrogens with one attached hydrogen (secondary N) is 1. The van der Waals surface area contributed by atoms with E-state index in [1.807, 2.05) is 18.2 Å². The maximum atomic E-state index is 9.97. The number of rotatable bonds is 6. The van der Waals surface area contributed by atoms with Gasteiger partial charge in [0.2, 0.25) is 0 Å². The Morgan fingerprint density at radius 1 is 1.16 bits per heavy atom. The van der Waals surface area contributed by atoms with E-state index in [2.05, 4.69) is 22.4 Å². The van der Waals surface area contributed by atoms with Gasteiger partial charge in [-0.25, -0.2) is 4.98 Å². The lowest BCUT2D eigenvalue weighted by Crippen LogP contribution is -2.23. The van der Waals surface area contributed by atoms with Crippen LogP contribution in [-0.2, 0) is 6.42 Å². The van der Waals surface area contributed by atoms with Crippen LogP contribution < -0.4 is 11.1 Å². The predicted molar refractivity (Wildman–Crippen MR) is 76.6 cm³/mol. The Labute approximate surface area is 113 Å². The molecule has 1 atom stereocenters. The van der Waals surface area contributed by atoms with E-state index in [1.54, 1.807) is 18.3 Å². The van der Waals surface area contributed by atoms with Crippen molar-refractivity contribution in [3.05, 3.63) is 59.8 Å². The van der Waals surface area contributed by atoms with Crippen molar-refractivity contribution in [3.8, 4) is 0 Å². The van der Waals surface area contributed by atoms with Gasteiger partial charge < -0.3 is 16.2 Å². The highest BCUT2D eigenvalue weighted by Crippen LogP contribution is 2.11. The minimum Gasteiger partial charge on any atom is -0.387 e. The fraction of sp³-hybridized carbons (Fsp3) is 0.267. The second kappa shape index (κ2) is 6.87. The van der Waals surface area contributed by atoms with E-state index in [0.29, 0.717) is 12.4 Å². The van der Waals surface area contributed by atoms with Crippen molar-refractivity contribution in [1.29, 1.82) is 0 Å². The molecule has 1 aromatic carbocycles. The molecule has 100 valence electrons. The van der Waals surface area contributed by atoms with Crippen LogP contribution in [0.3, 0.4) is 0 Å². The highest BCUT2D eigenvalue weighted by molar-refractivity contribution is 5.30. The third kappa shape index (κ3) is 4.35. The molecule has 0 aliphatic heterocycles. The number of nitrogens with two attached hydrogens (primary N) is 1. The molecule has 0 spiro atoms. The minimum absolute atomic E-state index is 0.466. The lowest BCUT2D eigenvalue weighted by Gasteiger charge is -2.12. The number of aromatic nitrogens is 1. The molecule has 2 aromatic rings. The van der Waals surface area contributed by atoms with Crippen molar-refractivity contribution >= 4 is 5.82 Å². The van der Waals surface area contributed by atoms with Crippen molar-refractivity contribution in [2.75, 3.05) is 18.8 Å². The fourth-order valence-corrected chi connectivity index (χ4v) is 1.85. The standard InChI is InChI=1S/C15H19N3O/c16-15-7-6-13(10-18-15)14(19)11-17-9-8-12-4-2-1-3-5-12/h1-7,10,14,17,19H,8-9,11H2,(H2,16,18). The lowest BCUT2D eigenvalue weighted by molar-refractivity contribution is 0.175. The van der Waals surface area contributed by atoms with Crippen LogP contribution in [0.25, 0.3) is 0 Å². The van der Waals surface area contributed by atoms with Gasteiger partial charge in [0.1, 0.15) is 5.82 Å². The molecule has 1 unspecified atom stereocenters. The van der Waals surface area contributed by atoms with Crippen LogP contribution in [0.5, 0.6) is 0 Å². The zero-order valence-corrected chi connectivity index (χ0v) is 10.8. The Morgan fingerprint density at radius 3 is 2.63 bits per heavy atom. The second-order valence-corrected chi connectivity index (χ2v) is 4.47. The normalized spacial score (nSPS) is 12.3. The number of aliphatic hydroxyl groups is 1. The highest BCUT2D eigenvalue weighted by Gasteiger charge is 2.06. The molecule has 0 radical (unpaired) electrons. The number of nitrogen functional groups attached to an aromatic ring is 1. The predicted octanol–water partition coefficient (Wildman–Crippen LogP) is 1.53. The van der Waals surface area contributed by atoms with Gasteiger partial charge in [0.15, 0.2) is 0 Å². The molecule has 0 saturated heterocycles. The smallest absolute Gasteiger partial charge is 0.123 e. The summed E-state index contributed by atoms with van der Waals surface area (Å²) in [5, 5.41) is 13.2. The highest BCUT2D eigenvalue weighted by atomic mass is 16.3. The lowest BCUT2D eigenvalue weighted by atomic mass is 10.1. The minimum atomic E-state index is -0.552. The fourth-order valence-electron chi connectivity index (χ4n) is 1.85. The third-order valence-corrected chi connectivity index (χ3v) is 2.96. The maximum absolute atomic E-state index is 9.97. The van der Waals surface area contributed by atoms with Gasteiger partial charge in [-0.05, 0) is 24.6 Å². The zero-order valence-electron chi connectivity index (χ0n) is 10.8. The molecule has 0 saturated carbocycles. The first kappa shape index (κ1) is 13.5. The number of benzene rings is 1. The second-order valence-electron chi connectivity index (χ2n) is 4.47. The number of aliphatic hydroxyl groups excluding tert-OH is 1. The van der Waals surface area contributed by atoms with Crippen LogP contribution in [0.1, 0.15) is 17.2 Å². The van der Waals surface area contributed by atoms with Crippen LogP contribution >= 0.6 is 0 Å². The van der Waals surface area contributed by atoms with E-state index in [0.717, 1.165) is 18.5 Å². The molecule has 2 rings (SSSR count). The maximum Gasteiger partial charge on any atom is 0.123 e. The summed E-state index contributed by atoms with van der Waals surface area (Å²) in [6.45, 7) is 1.35. The quantitative estimate of drug-likeness (QED) is 0.686. The van der Waals surface area contributed by atoms with Crippen LogP contribution in [0.15, 0.2) is 48.7 Å². The summed E-state index contributed by atoms with van der Waals surface area (Å²) >= 11 is 0. The summed E-state index contributed by atoms with van der Waals surface area (Å²) < 4.78 is 0. The molecule has 4 heteroatoms. The Balaban J connectivity index is 1.72. The Bertz CT molecular complexity index is 485. The molecule has 0 aliphatic rings. The Hall–Kier alpha value is -1.91. The molecular formula is C15H19N3O. The van der Waals surface area contributed by atoms with Crippen molar-refractivity contribution in [2.24, 2.45) is 0 Å². The van der Waals surface area contributed by atoms with Gasteiger partial charge in [0.25, 0.3) is 0 Å². The SMILES string of the molecule is Nc1ccc(C(O)CNCCc2ccccc2)cn1. The first-order valence-electron chi connectivity index (χ1n) is 6.40. The van der Waals surface area contributed by atoms with Gasteiger partial charge in [-0.2, -0.15) is 0 Å².